The molecule has 16 heavy (non-hydrogen) atoms. The molecule has 0 spiro atoms. The third-order valence-electron chi connectivity index (χ3n) is 2.82. The Hall–Kier alpha value is -1.23. The van der Waals surface area contributed by atoms with Crippen LogP contribution in [-0.2, 0) is 4.74 Å². The maximum absolute atomic E-state index is 8.11. The van der Waals surface area contributed by atoms with Crippen molar-refractivity contribution < 1.29 is 4.74 Å². The number of rotatable bonds is 3. The first-order valence-electron chi connectivity index (χ1n) is 5.65. The smallest absolute Gasteiger partial charge is 0.131 e. The van der Waals surface area contributed by atoms with Crippen molar-refractivity contribution in [3.8, 4) is 0 Å². The number of hydrogen-bond donors (Lipinski definition) is 3. The summed E-state index contributed by atoms with van der Waals surface area (Å²) in [7, 11) is 0. The topological polar surface area (TPSA) is 88.4 Å². The fraction of sp³-hybridized carbons (Fsp3) is 0.727. The molecule has 5 N–H and O–H groups in total. The van der Waals surface area contributed by atoms with E-state index in [-0.39, 0.29) is 18.1 Å². The van der Waals surface area contributed by atoms with Gasteiger partial charge in [0, 0.05) is 18.2 Å². The molecule has 0 saturated carbocycles. The van der Waals surface area contributed by atoms with E-state index in [1.165, 1.54) is 0 Å². The molecule has 1 heterocycles. The predicted octanol–water partition coefficient (Wildman–Crippen LogP) is 0.959. The van der Waals surface area contributed by atoms with Crippen molar-refractivity contribution in [3.63, 3.8) is 0 Å². The first kappa shape index (κ1) is 12.8. The van der Waals surface area contributed by atoms with E-state index >= 15 is 0 Å². The fourth-order valence-corrected chi connectivity index (χ4v) is 1.85. The Bertz CT molecular complexity index is 288. The van der Waals surface area contributed by atoms with Gasteiger partial charge in [-0.25, -0.2) is 0 Å². The Kier molecular flexibility index (Phi) is 4.18. The molecule has 1 fully saturated rings. The molecule has 0 amide bonds. The zero-order valence-electron chi connectivity index (χ0n) is 10.3. The zero-order chi connectivity index (χ0) is 12.3. The van der Waals surface area contributed by atoms with E-state index in [4.69, 9.17) is 21.6 Å². The third kappa shape index (κ3) is 2.66. The fourth-order valence-electron chi connectivity index (χ4n) is 1.85. The van der Waals surface area contributed by atoms with Crippen molar-refractivity contribution >= 4 is 5.84 Å². The van der Waals surface area contributed by atoms with E-state index in [0.29, 0.717) is 11.4 Å². The van der Waals surface area contributed by atoms with Gasteiger partial charge in [-0.15, -0.1) is 0 Å². The Morgan fingerprint density at radius 1 is 1.44 bits per heavy atom. The SMILES string of the molecule is CC(C(=N)N(C(C)C)[C@H]1CCCO1)=C(N)N. The summed E-state index contributed by atoms with van der Waals surface area (Å²) in [5, 5.41) is 8.11. The highest BCUT2D eigenvalue weighted by Crippen LogP contribution is 2.21. The second-order valence-electron chi connectivity index (χ2n) is 4.40. The Morgan fingerprint density at radius 3 is 2.44 bits per heavy atom. The van der Waals surface area contributed by atoms with Crippen LogP contribution in [0.2, 0.25) is 0 Å². The Morgan fingerprint density at radius 2 is 2.06 bits per heavy atom. The van der Waals surface area contributed by atoms with Crippen LogP contribution in [0.4, 0.5) is 0 Å². The summed E-state index contributed by atoms with van der Waals surface area (Å²) in [6.07, 6.45) is 1.99. The molecule has 5 heteroatoms. The molecule has 1 saturated heterocycles. The Labute approximate surface area is 96.9 Å². The first-order valence-corrected chi connectivity index (χ1v) is 5.65. The average Bonchev–Trinajstić information content (AvgIpc) is 2.69. The molecule has 0 aromatic rings. The second-order valence-corrected chi connectivity index (χ2v) is 4.40. The van der Waals surface area contributed by atoms with Crippen molar-refractivity contribution in [2.24, 2.45) is 11.5 Å². The summed E-state index contributed by atoms with van der Waals surface area (Å²) in [6.45, 7) is 6.61. The standard InChI is InChI=1S/C11H22N4O/c1-7(2)15(9-5-4-6-16-9)11(14)8(3)10(12)13/h7,9,14H,4-6,12-13H2,1-3H3/t9-/m1/s1. The summed E-state index contributed by atoms with van der Waals surface area (Å²) in [5.74, 6) is 0.565. The molecule has 1 rings (SSSR count). The van der Waals surface area contributed by atoms with Crippen LogP contribution in [-0.4, -0.2) is 29.6 Å². The van der Waals surface area contributed by atoms with E-state index in [1.54, 1.807) is 6.92 Å². The molecule has 0 aliphatic carbocycles. The van der Waals surface area contributed by atoms with Gasteiger partial charge in [-0.1, -0.05) is 0 Å². The van der Waals surface area contributed by atoms with Gasteiger partial charge in [0.15, 0.2) is 0 Å². The highest BCUT2D eigenvalue weighted by Gasteiger charge is 2.28. The summed E-state index contributed by atoms with van der Waals surface area (Å²) < 4.78 is 5.61. The van der Waals surface area contributed by atoms with Crippen LogP contribution in [0.15, 0.2) is 11.4 Å². The molecular weight excluding hydrogens is 204 g/mol. The third-order valence-corrected chi connectivity index (χ3v) is 2.82. The van der Waals surface area contributed by atoms with Crippen LogP contribution >= 0.6 is 0 Å². The van der Waals surface area contributed by atoms with Crippen molar-refractivity contribution in [1.82, 2.24) is 4.90 Å². The van der Waals surface area contributed by atoms with Gasteiger partial charge in [-0.05, 0) is 33.6 Å². The molecule has 0 aromatic carbocycles. The monoisotopic (exact) mass is 226 g/mol. The van der Waals surface area contributed by atoms with Crippen LogP contribution in [0.1, 0.15) is 33.6 Å². The number of hydrogen-bond acceptors (Lipinski definition) is 4. The predicted molar refractivity (Wildman–Crippen MR) is 64.8 cm³/mol. The molecular formula is C11H22N4O. The molecule has 0 bridgehead atoms. The van der Waals surface area contributed by atoms with Crippen molar-refractivity contribution in [1.29, 1.82) is 5.41 Å². The molecule has 92 valence electrons. The maximum atomic E-state index is 8.11. The van der Waals surface area contributed by atoms with Gasteiger partial charge in [0.1, 0.15) is 17.9 Å². The molecule has 1 aliphatic heterocycles. The maximum Gasteiger partial charge on any atom is 0.131 e. The van der Waals surface area contributed by atoms with Gasteiger partial charge in [0.2, 0.25) is 0 Å². The van der Waals surface area contributed by atoms with E-state index < -0.39 is 0 Å². The quantitative estimate of drug-likeness (QED) is 0.494. The van der Waals surface area contributed by atoms with Crippen molar-refractivity contribution in [2.45, 2.75) is 45.9 Å². The second kappa shape index (κ2) is 5.21. The average molecular weight is 226 g/mol. The van der Waals surface area contributed by atoms with E-state index in [2.05, 4.69) is 0 Å². The van der Waals surface area contributed by atoms with Crippen LogP contribution in [0.3, 0.4) is 0 Å². The van der Waals surface area contributed by atoms with Gasteiger partial charge in [-0.3, -0.25) is 5.41 Å². The summed E-state index contributed by atoms with van der Waals surface area (Å²) in [4.78, 5) is 1.93. The minimum absolute atomic E-state index is 0.0122. The van der Waals surface area contributed by atoms with Gasteiger partial charge in [0.05, 0.1) is 0 Å². The van der Waals surface area contributed by atoms with Gasteiger partial charge < -0.3 is 21.1 Å². The van der Waals surface area contributed by atoms with Crippen LogP contribution in [0.25, 0.3) is 0 Å². The minimum atomic E-state index is -0.0122. The van der Waals surface area contributed by atoms with Crippen LogP contribution in [0.5, 0.6) is 0 Å². The first-order chi connectivity index (χ1) is 7.45. The summed E-state index contributed by atoms with van der Waals surface area (Å²) >= 11 is 0. The number of nitrogens with two attached hydrogens (primary N) is 2. The van der Waals surface area contributed by atoms with E-state index in [9.17, 15) is 0 Å². The molecule has 0 unspecified atom stereocenters. The van der Waals surface area contributed by atoms with E-state index in [1.807, 2.05) is 18.7 Å². The highest BCUT2D eigenvalue weighted by atomic mass is 16.5. The number of ether oxygens (including phenoxy) is 1. The molecule has 1 atom stereocenters. The lowest BCUT2D eigenvalue weighted by Gasteiger charge is -2.34. The van der Waals surface area contributed by atoms with Crippen molar-refractivity contribution in [2.75, 3.05) is 6.61 Å². The van der Waals surface area contributed by atoms with Gasteiger partial charge >= 0.3 is 0 Å². The number of nitrogens with one attached hydrogen (secondary N) is 1. The van der Waals surface area contributed by atoms with Gasteiger partial charge in [0.25, 0.3) is 0 Å². The largest absolute Gasteiger partial charge is 0.385 e. The number of amidine groups is 1. The lowest BCUT2D eigenvalue weighted by atomic mass is 10.1. The van der Waals surface area contributed by atoms with Crippen LogP contribution < -0.4 is 11.5 Å². The van der Waals surface area contributed by atoms with Crippen molar-refractivity contribution in [3.05, 3.63) is 11.4 Å². The summed E-state index contributed by atoms with van der Waals surface area (Å²) in [6, 6.07) is 0.199. The summed E-state index contributed by atoms with van der Waals surface area (Å²) in [5.41, 5.74) is 11.7. The number of nitrogens with zero attached hydrogens (tertiary/aromatic N) is 1. The molecule has 5 nitrogen and oxygen atoms in total. The lowest BCUT2D eigenvalue weighted by Crippen LogP contribution is -2.45. The van der Waals surface area contributed by atoms with Gasteiger partial charge in [-0.2, -0.15) is 0 Å². The van der Waals surface area contributed by atoms with Crippen LogP contribution in [0, 0.1) is 5.41 Å². The minimum Gasteiger partial charge on any atom is -0.385 e. The molecule has 0 radical (unpaired) electrons. The lowest BCUT2D eigenvalue weighted by molar-refractivity contribution is 0.00629. The molecule has 0 aromatic heterocycles. The zero-order valence-corrected chi connectivity index (χ0v) is 10.3. The Balaban J connectivity index is 2.85. The molecule has 1 aliphatic rings. The normalized spacial score (nSPS) is 19.9. The highest BCUT2D eigenvalue weighted by molar-refractivity contribution is 5.96. The van der Waals surface area contributed by atoms with E-state index in [0.717, 1.165) is 19.4 Å².